The summed E-state index contributed by atoms with van der Waals surface area (Å²) in [4.78, 5) is 16.7. The predicted octanol–water partition coefficient (Wildman–Crippen LogP) is 2.84. The molecule has 4 rings (SSSR count). The zero-order valence-electron chi connectivity index (χ0n) is 11.9. The number of hydrogen-bond acceptors (Lipinski definition) is 6. The third-order valence-electron chi connectivity index (χ3n) is 3.76. The molecule has 118 valence electrons. The first kappa shape index (κ1) is 14.4. The molecule has 1 aliphatic rings. The first-order chi connectivity index (χ1) is 11.2. The molecule has 1 saturated heterocycles. The van der Waals surface area contributed by atoms with E-state index < -0.39 is 0 Å². The molecule has 0 spiro atoms. The highest BCUT2D eigenvalue weighted by atomic mass is 35.5. The Bertz CT molecular complexity index is 845. The van der Waals surface area contributed by atoms with E-state index in [1.807, 2.05) is 12.1 Å². The number of nitrogens with one attached hydrogen (secondary N) is 2. The summed E-state index contributed by atoms with van der Waals surface area (Å²) < 4.78 is 6.09. The second kappa shape index (κ2) is 5.78. The molecule has 7 nitrogen and oxygen atoms in total. The largest absolute Gasteiger partial charge is 0.355 e. The highest BCUT2D eigenvalue weighted by molar-refractivity contribution is 7.19. The fourth-order valence-electron chi connectivity index (χ4n) is 2.55. The average Bonchev–Trinajstić information content (AvgIpc) is 3.26. The van der Waals surface area contributed by atoms with Crippen LogP contribution in [0.15, 0.2) is 22.9 Å². The molecule has 23 heavy (non-hydrogen) atoms. The number of aromatic nitrogens is 4. The second-order valence-electron chi connectivity index (χ2n) is 5.26. The van der Waals surface area contributed by atoms with Gasteiger partial charge in [-0.05, 0) is 18.6 Å². The minimum atomic E-state index is 0.0664. The second-order valence-corrected chi connectivity index (χ2v) is 6.97. The van der Waals surface area contributed by atoms with E-state index in [1.54, 1.807) is 6.20 Å². The summed E-state index contributed by atoms with van der Waals surface area (Å²) in [5.74, 6) is 1.16. The van der Waals surface area contributed by atoms with Crippen molar-refractivity contribution in [2.24, 2.45) is 0 Å². The third kappa shape index (κ3) is 2.75. The summed E-state index contributed by atoms with van der Waals surface area (Å²) in [7, 11) is 0. The molecule has 3 aromatic rings. The summed E-state index contributed by atoms with van der Waals surface area (Å²) in [5, 5.41) is 13.9. The molecule has 1 amide bonds. The van der Waals surface area contributed by atoms with Crippen LogP contribution in [0.25, 0.3) is 22.0 Å². The van der Waals surface area contributed by atoms with Gasteiger partial charge in [0.2, 0.25) is 5.91 Å². The van der Waals surface area contributed by atoms with Crippen molar-refractivity contribution in [3.63, 3.8) is 0 Å². The maximum absolute atomic E-state index is 11.2. The molecule has 1 aliphatic heterocycles. The molecule has 0 aliphatic carbocycles. The van der Waals surface area contributed by atoms with Crippen molar-refractivity contribution in [3.05, 3.63) is 28.5 Å². The van der Waals surface area contributed by atoms with Gasteiger partial charge in [-0.15, -0.1) is 11.3 Å². The highest BCUT2D eigenvalue weighted by Gasteiger charge is 2.25. The average molecular weight is 350 g/mol. The van der Waals surface area contributed by atoms with Crippen molar-refractivity contribution >= 4 is 28.8 Å². The van der Waals surface area contributed by atoms with E-state index in [0.29, 0.717) is 29.0 Å². The zero-order chi connectivity index (χ0) is 15.8. The van der Waals surface area contributed by atoms with Gasteiger partial charge in [0, 0.05) is 18.9 Å². The number of amides is 1. The summed E-state index contributed by atoms with van der Waals surface area (Å²) in [6.07, 6.45) is 2.87. The Morgan fingerprint density at radius 2 is 2.30 bits per heavy atom. The number of carbonyl (C=O) groups excluding carboxylic acids is 1. The lowest BCUT2D eigenvalue weighted by molar-refractivity contribution is -0.122. The van der Waals surface area contributed by atoms with E-state index >= 15 is 0 Å². The lowest BCUT2D eigenvalue weighted by Crippen LogP contribution is -2.34. The zero-order valence-corrected chi connectivity index (χ0v) is 13.4. The predicted molar refractivity (Wildman–Crippen MR) is 85.2 cm³/mol. The Balaban J connectivity index is 1.63. The van der Waals surface area contributed by atoms with E-state index in [-0.39, 0.29) is 11.8 Å². The van der Waals surface area contributed by atoms with Crippen LogP contribution in [0, 0.1) is 0 Å². The van der Waals surface area contributed by atoms with Crippen molar-refractivity contribution in [3.8, 4) is 22.0 Å². The number of nitrogens with zero attached hydrogens (tertiary/aromatic N) is 3. The maximum Gasteiger partial charge on any atom is 0.261 e. The van der Waals surface area contributed by atoms with Crippen LogP contribution in [0.5, 0.6) is 0 Å². The summed E-state index contributed by atoms with van der Waals surface area (Å²) in [6, 6.07) is 3.74. The number of halogens is 1. The molecule has 1 unspecified atom stereocenters. The molecule has 0 aromatic carbocycles. The number of rotatable bonds is 3. The molecule has 1 fully saturated rings. The van der Waals surface area contributed by atoms with Crippen LogP contribution in [0.4, 0.5) is 0 Å². The molecular formula is C14H12ClN5O2S. The fourth-order valence-corrected chi connectivity index (χ4v) is 3.60. The number of thiophene rings is 1. The first-order valence-corrected chi connectivity index (χ1v) is 8.30. The Hall–Kier alpha value is -2.19. The SMILES string of the molecule is O=C1CCC(c2noc(-c3cn[nH]c3-c3ccc(Cl)s3)n2)CN1. The monoisotopic (exact) mass is 349 g/mol. The van der Waals surface area contributed by atoms with Gasteiger partial charge < -0.3 is 9.84 Å². The summed E-state index contributed by atoms with van der Waals surface area (Å²) in [6.45, 7) is 0.538. The van der Waals surface area contributed by atoms with Gasteiger partial charge in [-0.1, -0.05) is 16.8 Å². The fraction of sp³-hybridized carbons (Fsp3) is 0.286. The first-order valence-electron chi connectivity index (χ1n) is 7.10. The minimum Gasteiger partial charge on any atom is -0.355 e. The highest BCUT2D eigenvalue weighted by Crippen LogP contribution is 2.36. The van der Waals surface area contributed by atoms with Gasteiger partial charge in [-0.2, -0.15) is 10.1 Å². The molecular weight excluding hydrogens is 338 g/mol. The molecule has 0 saturated carbocycles. The third-order valence-corrected chi connectivity index (χ3v) is 5.01. The van der Waals surface area contributed by atoms with Gasteiger partial charge in [-0.25, -0.2) is 0 Å². The van der Waals surface area contributed by atoms with Crippen LogP contribution in [0.2, 0.25) is 4.34 Å². The van der Waals surface area contributed by atoms with Crippen LogP contribution >= 0.6 is 22.9 Å². The van der Waals surface area contributed by atoms with Gasteiger partial charge in [0.25, 0.3) is 5.89 Å². The van der Waals surface area contributed by atoms with Crippen molar-refractivity contribution in [2.75, 3.05) is 6.54 Å². The van der Waals surface area contributed by atoms with Crippen LogP contribution in [-0.4, -0.2) is 32.8 Å². The van der Waals surface area contributed by atoms with Crippen molar-refractivity contribution < 1.29 is 9.32 Å². The van der Waals surface area contributed by atoms with Gasteiger partial charge in [0.1, 0.15) is 0 Å². The van der Waals surface area contributed by atoms with Gasteiger partial charge >= 0.3 is 0 Å². The molecule has 1 atom stereocenters. The Kier molecular flexibility index (Phi) is 3.62. The van der Waals surface area contributed by atoms with Crippen LogP contribution < -0.4 is 5.32 Å². The smallest absolute Gasteiger partial charge is 0.261 e. The topological polar surface area (TPSA) is 96.7 Å². The summed E-state index contributed by atoms with van der Waals surface area (Å²) >= 11 is 7.44. The van der Waals surface area contributed by atoms with Crippen LogP contribution in [0.1, 0.15) is 24.6 Å². The lowest BCUT2D eigenvalue weighted by atomic mass is 9.99. The number of carbonyl (C=O) groups is 1. The van der Waals surface area contributed by atoms with Crippen molar-refractivity contribution in [1.29, 1.82) is 0 Å². The molecule has 0 bridgehead atoms. The molecule has 3 aromatic heterocycles. The molecule has 9 heteroatoms. The Morgan fingerprint density at radius 3 is 3.04 bits per heavy atom. The van der Waals surface area contributed by atoms with Gasteiger partial charge in [-0.3, -0.25) is 9.89 Å². The molecule has 2 N–H and O–H groups in total. The molecule has 4 heterocycles. The van der Waals surface area contributed by atoms with Crippen LogP contribution in [0.3, 0.4) is 0 Å². The van der Waals surface area contributed by atoms with E-state index in [9.17, 15) is 4.79 Å². The van der Waals surface area contributed by atoms with E-state index in [4.69, 9.17) is 16.1 Å². The number of piperidine rings is 1. The maximum atomic E-state index is 11.2. The Labute approximate surface area is 140 Å². The quantitative estimate of drug-likeness (QED) is 0.757. The van der Waals surface area contributed by atoms with Crippen molar-refractivity contribution in [2.45, 2.75) is 18.8 Å². The lowest BCUT2D eigenvalue weighted by Gasteiger charge is -2.18. The van der Waals surface area contributed by atoms with E-state index in [1.165, 1.54) is 11.3 Å². The van der Waals surface area contributed by atoms with E-state index in [2.05, 4.69) is 25.7 Å². The molecule has 0 radical (unpaired) electrons. The number of aromatic amines is 1. The number of hydrogen-bond donors (Lipinski definition) is 2. The summed E-state index contributed by atoms with van der Waals surface area (Å²) in [5.41, 5.74) is 1.54. The van der Waals surface area contributed by atoms with Gasteiger partial charge in [0.05, 0.1) is 26.7 Å². The van der Waals surface area contributed by atoms with Gasteiger partial charge in [0.15, 0.2) is 5.82 Å². The van der Waals surface area contributed by atoms with Crippen molar-refractivity contribution in [1.82, 2.24) is 25.7 Å². The normalized spacial score (nSPS) is 18.1. The minimum absolute atomic E-state index is 0.0664. The van der Waals surface area contributed by atoms with E-state index in [0.717, 1.165) is 22.6 Å². The number of H-pyrrole nitrogens is 1. The van der Waals surface area contributed by atoms with Crippen LogP contribution in [-0.2, 0) is 4.79 Å². The standard InChI is InChI=1S/C14H12ClN5O2S/c15-10-3-2-9(23-10)12-8(6-17-19-12)14-18-13(20-22-14)7-1-4-11(21)16-5-7/h2-3,6-7H,1,4-5H2,(H,16,21)(H,17,19). The Morgan fingerprint density at radius 1 is 1.39 bits per heavy atom.